The first kappa shape index (κ1) is 16.3. The second-order valence-electron chi connectivity index (χ2n) is 4.68. The van der Waals surface area contributed by atoms with Gasteiger partial charge in [0.15, 0.2) is 11.0 Å². The van der Waals surface area contributed by atoms with E-state index in [1.54, 1.807) is 30.7 Å². The number of anilines is 2. The predicted octanol–water partition coefficient (Wildman–Crippen LogP) is 3.17. The Morgan fingerprint density at radius 1 is 1.41 bits per heavy atom. The van der Waals surface area contributed by atoms with Crippen LogP contribution in [0, 0.1) is 11.3 Å². The Balaban J connectivity index is 2.38. The molecule has 0 atom stereocenters. The molecular formula is C14H15N5OS2. The first-order valence-electron chi connectivity index (χ1n) is 6.26. The first-order chi connectivity index (χ1) is 10.4. The molecule has 0 unspecified atom stereocenters. The summed E-state index contributed by atoms with van der Waals surface area (Å²) in [6, 6.07) is 9.21. The number of nitriles is 1. The van der Waals surface area contributed by atoms with Crippen LogP contribution in [0.1, 0.15) is 5.56 Å². The van der Waals surface area contributed by atoms with Gasteiger partial charge in [-0.2, -0.15) is 9.62 Å². The maximum atomic E-state index is 11.8. The molecule has 0 fully saturated rings. The molecule has 0 aliphatic rings. The van der Waals surface area contributed by atoms with Crippen molar-refractivity contribution in [2.45, 2.75) is 5.16 Å². The minimum absolute atomic E-state index is 0.356. The molecule has 0 aliphatic heterocycles. The van der Waals surface area contributed by atoms with Crippen LogP contribution in [0.4, 0.5) is 17.2 Å². The number of thioether (sulfide) groups is 1. The van der Waals surface area contributed by atoms with E-state index in [4.69, 9.17) is 5.26 Å². The van der Waals surface area contributed by atoms with Crippen molar-refractivity contribution in [1.29, 1.82) is 5.26 Å². The molecule has 22 heavy (non-hydrogen) atoms. The van der Waals surface area contributed by atoms with E-state index in [1.807, 2.05) is 12.3 Å². The predicted molar refractivity (Wildman–Crippen MR) is 90.3 cm³/mol. The third kappa shape index (κ3) is 4.44. The molecule has 114 valence electrons. The highest BCUT2D eigenvalue weighted by atomic mass is 32.2. The molecule has 0 bridgehead atoms. The van der Waals surface area contributed by atoms with E-state index in [2.05, 4.69) is 25.7 Å². The second-order valence-corrected chi connectivity index (χ2v) is 8.00. The lowest BCUT2D eigenvalue weighted by Crippen LogP contribution is -1.99. The fourth-order valence-corrected chi connectivity index (χ4v) is 2.63. The summed E-state index contributed by atoms with van der Waals surface area (Å²) in [5, 5.41) is 12.8. The van der Waals surface area contributed by atoms with Crippen LogP contribution in [-0.2, 0) is 9.73 Å². The summed E-state index contributed by atoms with van der Waals surface area (Å²) in [5.41, 5.74) is 1.68. The maximum Gasteiger partial charge on any atom is 0.189 e. The number of hydrogen-bond acceptors (Lipinski definition) is 7. The van der Waals surface area contributed by atoms with Crippen LogP contribution < -0.4 is 5.32 Å². The average molecular weight is 333 g/mol. The Hall–Kier alpha value is -2.11. The summed E-state index contributed by atoms with van der Waals surface area (Å²) < 4.78 is 15.9. The van der Waals surface area contributed by atoms with Gasteiger partial charge in [-0.05, 0) is 24.5 Å². The lowest BCUT2D eigenvalue weighted by Gasteiger charge is -2.08. The zero-order valence-corrected chi connectivity index (χ0v) is 14.0. The number of nitrogens with zero attached hydrogens (tertiary/aromatic N) is 4. The summed E-state index contributed by atoms with van der Waals surface area (Å²) in [5.74, 6) is 0.438. The van der Waals surface area contributed by atoms with Crippen LogP contribution in [0.2, 0.25) is 0 Å². The smallest absolute Gasteiger partial charge is 0.189 e. The summed E-state index contributed by atoms with van der Waals surface area (Å²) in [6.07, 6.45) is 6.51. The van der Waals surface area contributed by atoms with E-state index in [0.717, 1.165) is 0 Å². The van der Waals surface area contributed by atoms with E-state index in [9.17, 15) is 4.21 Å². The summed E-state index contributed by atoms with van der Waals surface area (Å²) >= 11 is 1.40. The molecule has 6 nitrogen and oxygen atoms in total. The van der Waals surface area contributed by atoms with E-state index in [1.165, 1.54) is 18.0 Å². The fourth-order valence-electron chi connectivity index (χ4n) is 1.67. The van der Waals surface area contributed by atoms with E-state index >= 15 is 0 Å². The van der Waals surface area contributed by atoms with Gasteiger partial charge in [0.05, 0.1) is 11.9 Å². The van der Waals surface area contributed by atoms with Gasteiger partial charge in [-0.15, -0.1) is 0 Å². The Morgan fingerprint density at radius 2 is 2.18 bits per heavy atom. The van der Waals surface area contributed by atoms with Crippen molar-refractivity contribution in [3.05, 3.63) is 36.0 Å². The molecule has 0 aliphatic carbocycles. The second kappa shape index (κ2) is 6.77. The van der Waals surface area contributed by atoms with Crippen LogP contribution in [0.5, 0.6) is 0 Å². The Kier molecular flexibility index (Phi) is 5.00. The monoisotopic (exact) mass is 333 g/mol. The Bertz CT molecular complexity index is 843. The maximum absolute atomic E-state index is 11.8. The molecule has 2 rings (SSSR count). The van der Waals surface area contributed by atoms with Crippen molar-refractivity contribution in [1.82, 2.24) is 9.97 Å². The number of rotatable bonds is 4. The topological polar surface area (TPSA) is 91.0 Å². The van der Waals surface area contributed by atoms with Crippen LogP contribution in [-0.4, -0.2) is 32.9 Å². The lowest BCUT2D eigenvalue weighted by molar-refractivity contribution is 0.684. The van der Waals surface area contributed by atoms with Crippen LogP contribution in [0.3, 0.4) is 0 Å². The highest BCUT2D eigenvalue weighted by molar-refractivity contribution is 7.98. The molecule has 8 heteroatoms. The quantitative estimate of drug-likeness (QED) is 0.682. The highest BCUT2D eigenvalue weighted by Gasteiger charge is 2.07. The standard InChI is InChI=1S/C14H15N5OS2/c1-21-14-16-9-10(8-15)13(18-14)17-11-5-4-6-12(7-11)19-22(2,3)20/h4-7,9H,1-3H3,(H,16,17,18). The van der Waals surface area contributed by atoms with Gasteiger partial charge in [0.25, 0.3) is 0 Å². The Labute approximate surface area is 134 Å². The van der Waals surface area contributed by atoms with Crippen molar-refractivity contribution in [3.8, 4) is 6.07 Å². The van der Waals surface area contributed by atoms with E-state index in [0.29, 0.717) is 27.9 Å². The fraction of sp³-hybridized carbons (Fsp3) is 0.214. The summed E-state index contributed by atoms with van der Waals surface area (Å²) in [4.78, 5) is 8.36. The van der Waals surface area contributed by atoms with Crippen LogP contribution >= 0.6 is 11.8 Å². The average Bonchev–Trinajstić information content (AvgIpc) is 2.45. The third-order valence-electron chi connectivity index (χ3n) is 2.50. The normalized spacial score (nSPS) is 10.8. The number of nitrogens with one attached hydrogen (secondary N) is 1. The number of hydrogen-bond donors (Lipinski definition) is 1. The lowest BCUT2D eigenvalue weighted by atomic mass is 10.2. The molecule has 0 saturated carbocycles. The minimum Gasteiger partial charge on any atom is -0.339 e. The highest BCUT2D eigenvalue weighted by Crippen LogP contribution is 2.24. The number of benzene rings is 1. The molecule has 0 amide bonds. The van der Waals surface area contributed by atoms with Crippen molar-refractivity contribution in [3.63, 3.8) is 0 Å². The van der Waals surface area contributed by atoms with Gasteiger partial charge < -0.3 is 5.32 Å². The minimum atomic E-state index is -2.22. The van der Waals surface area contributed by atoms with Crippen molar-refractivity contribution < 1.29 is 4.21 Å². The molecule has 1 aromatic carbocycles. The van der Waals surface area contributed by atoms with Gasteiger partial charge in [0, 0.05) is 27.9 Å². The van der Waals surface area contributed by atoms with Gasteiger partial charge in [-0.3, -0.25) is 0 Å². The SMILES string of the molecule is CSc1ncc(C#N)c(Nc2cccc(N=S(C)(C)=O)c2)n1. The zero-order valence-electron chi connectivity index (χ0n) is 12.4. The van der Waals surface area contributed by atoms with Gasteiger partial charge in [-0.1, -0.05) is 17.8 Å². The van der Waals surface area contributed by atoms with Gasteiger partial charge in [0.1, 0.15) is 11.6 Å². The first-order valence-corrected chi connectivity index (χ1v) is 9.82. The summed E-state index contributed by atoms with van der Waals surface area (Å²) in [7, 11) is -2.22. The van der Waals surface area contributed by atoms with Crippen molar-refractivity contribution >= 4 is 38.7 Å². The van der Waals surface area contributed by atoms with E-state index in [-0.39, 0.29) is 0 Å². The van der Waals surface area contributed by atoms with Crippen molar-refractivity contribution in [2.24, 2.45) is 4.36 Å². The van der Waals surface area contributed by atoms with Crippen molar-refractivity contribution in [2.75, 3.05) is 24.1 Å². The molecule has 0 radical (unpaired) electrons. The molecule has 2 aromatic rings. The zero-order chi connectivity index (χ0) is 16.2. The molecule has 1 aromatic heterocycles. The molecule has 0 spiro atoms. The molecule has 1 N–H and O–H groups in total. The summed E-state index contributed by atoms with van der Waals surface area (Å²) in [6.45, 7) is 0. The molecule has 0 saturated heterocycles. The van der Waals surface area contributed by atoms with Gasteiger partial charge >= 0.3 is 0 Å². The number of aromatic nitrogens is 2. The Morgan fingerprint density at radius 3 is 2.82 bits per heavy atom. The third-order valence-corrected chi connectivity index (χ3v) is 3.72. The van der Waals surface area contributed by atoms with Gasteiger partial charge in [-0.25, -0.2) is 14.2 Å². The molecular weight excluding hydrogens is 318 g/mol. The van der Waals surface area contributed by atoms with Gasteiger partial charge in [0.2, 0.25) is 0 Å². The van der Waals surface area contributed by atoms with Crippen LogP contribution in [0.15, 0.2) is 40.0 Å². The van der Waals surface area contributed by atoms with E-state index < -0.39 is 9.73 Å². The molecule has 1 heterocycles. The largest absolute Gasteiger partial charge is 0.339 e. The van der Waals surface area contributed by atoms with Crippen LogP contribution in [0.25, 0.3) is 0 Å².